The minimum atomic E-state index is -3.94. The summed E-state index contributed by atoms with van der Waals surface area (Å²) in [7, 11) is -3.94. The lowest BCUT2D eigenvalue weighted by molar-refractivity contribution is -0.138. The summed E-state index contributed by atoms with van der Waals surface area (Å²) in [5.41, 5.74) is 0. The molecule has 0 amide bonds. The Kier molecular flexibility index (Phi) is 4.54. The van der Waals surface area contributed by atoms with E-state index in [1.54, 1.807) is 0 Å². The van der Waals surface area contributed by atoms with Gasteiger partial charge in [0.1, 0.15) is 10.9 Å². The van der Waals surface area contributed by atoms with E-state index >= 15 is 0 Å². The molecule has 0 aliphatic heterocycles. The zero-order valence-corrected chi connectivity index (χ0v) is 11.8. The predicted molar refractivity (Wildman–Crippen MR) is 66.6 cm³/mol. The maximum atomic E-state index is 11.8. The number of aliphatic carboxylic acids is 1. The summed E-state index contributed by atoms with van der Waals surface area (Å²) < 4.78 is 26.2. The fourth-order valence-corrected chi connectivity index (χ4v) is 3.27. The highest BCUT2D eigenvalue weighted by Gasteiger charge is 2.23. The molecule has 0 aromatic heterocycles. The predicted octanol–water partition coefficient (Wildman–Crippen LogP) is 1.85. The largest absolute Gasteiger partial charge is 0.480 e. The molecule has 1 aromatic rings. The van der Waals surface area contributed by atoms with Crippen LogP contribution in [0.2, 0.25) is 5.02 Å². The molecule has 8 heteroatoms. The number of benzene rings is 1. The van der Waals surface area contributed by atoms with E-state index in [0.29, 0.717) is 4.47 Å². The Balaban J connectivity index is 3.10. The SMILES string of the molecule is C[C@H](NS(=O)(=O)c1ccc(Br)cc1Cl)C(=O)O. The molecular weight excluding hydrogens is 334 g/mol. The van der Waals surface area contributed by atoms with Crippen LogP contribution < -0.4 is 4.72 Å². The smallest absolute Gasteiger partial charge is 0.321 e. The first-order valence-corrected chi connectivity index (χ1v) is 7.09. The lowest BCUT2D eigenvalue weighted by atomic mass is 10.4. The van der Waals surface area contributed by atoms with Crippen LogP contribution in [-0.4, -0.2) is 25.5 Å². The van der Waals surface area contributed by atoms with Crippen LogP contribution in [0.15, 0.2) is 27.6 Å². The highest BCUT2D eigenvalue weighted by Crippen LogP contribution is 2.25. The molecule has 5 nitrogen and oxygen atoms in total. The van der Waals surface area contributed by atoms with E-state index < -0.39 is 22.0 Å². The number of nitrogens with one attached hydrogen (secondary N) is 1. The van der Waals surface area contributed by atoms with Crippen LogP contribution in [0, 0.1) is 0 Å². The average Bonchev–Trinajstić information content (AvgIpc) is 2.15. The molecule has 0 saturated heterocycles. The van der Waals surface area contributed by atoms with Crippen LogP contribution >= 0.6 is 27.5 Å². The van der Waals surface area contributed by atoms with Gasteiger partial charge in [0.15, 0.2) is 0 Å². The summed E-state index contributed by atoms with van der Waals surface area (Å²) >= 11 is 8.92. The maximum absolute atomic E-state index is 11.8. The van der Waals surface area contributed by atoms with E-state index in [4.69, 9.17) is 16.7 Å². The molecule has 1 rings (SSSR count). The molecule has 17 heavy (non-hydrogen) atoms. The van der Waals surface area contributed by atoms with Crippen molar-refractivity contribution in [2.45, 2.75) is 17.9 Å². The van der Waals surface area contributed by atoms with E-state index in [1.807, 2.05) is 4.72 Å². The lowest BCUT2D eigenvalue weighted by Gasteiger charge is -2.11. The number of hydrogen-bond acceptors (Lipinski definition) is 3. The molecule has 0 radical (unpaired) electrons. The van der Waals surface area contributed by atoms with Crippen LogP contribution in [0.3, 0.4) is 0 Å². The lowest BCUT2D eigenvalue weighted by Crippen LogP contribution is -2.38. The number of carbonyl (C=O) groups is 1. The zero-order valence-electron chi connectivity index (χ0n) is 8.65. The van der Waals surface area contributed by atoms with Crippen molar-refractivity contribution < 1.29 is 18.3 Å². The Morgan fingerprint density at radius 2 is 2.12 bits per heavy atom. The van der Waals surface area contributed by atoms with Crippen molar-refractivity contribution >= 4 is 43.5 Å². The van der Waals surface area contributed by atoms with E-state index in [1.165, 1.54) is 25.1 Å². The molecule has 0 heterocycles. The van der Waals surface area contributed by atoms with Gasteiger partial charge in [-0.25, -0.2) is 8.42 Å². The Bertz CT molecular complexity index is 546. The summed E-state index contributed by atoms with van der Waals surface area (Å²) in [6.45, 7) is 1.23. The first kappa shape index (κ1) is 14.4. The molecule has 94 valence electrons. The second kappa shape index (κ2) is 5.34. The number of rotatable bonds is 4. The van der Waals surface area contributed by atoms with Gasteiger partial charge in [0.2, 0.25) is 10.0 Å². The molecule has 0 saturated carbocycles. The van der Waals surface area contributed by atoms with Gasteiger partial charge in [0.25, 0.3) is 0 Å². The molecule has 0 spiro atoms. The molecule has 0 unspecified atom stereocenters. The number of sulfonamides is 1. The Labute approximate surface area is 112 Å². The Morgan fingerprint density at radius 1 is 1.53 bits per heavy atom. The van der Waals surface area contributed by atoms with Gasteiger partial charge >= 0.3 is 5.97 Å². The van der Waals surface area contributed by atoms with Gasteiger partial charge < -0.3 is 5.11 Å². The van der Waals surface area contributed by atoms with Crippen LogP contribution in [-0.2, 0) is 14.8 Å². The Hall–Kier alpha value is -0.630. The molecule has 2 N–H and O–H groups in total. The topological polar surface area (TPSA) is 83.5 Å². The molecule has 0 bridgehead atoms. The minimum absolute atomic E-state index is 0.0180. The van der Waals surface area contributed by atoms with Crippen LogP contribution in [0.4, 0.5) is 0 Å². The van der Waals surface area contributed by atoms with Crippen LogP contribution in [0.1, 0.15) is 6.92 Å². The van der Waals surface area contributed by atoms with Gasteiger partial charge in [0.05, 0.1) is 5.02 Å². The van der Waals surface area contributed by atoms with Gasteiger partial charge in [0, 0.05) is 4.47 Å². The van der Waals surface area contributed by atoms with Crippen molar-refractivity contribution in [3.05, 3.63) is 27.7 Å². The molecule has 0 fully saturated rings. The fraction of sp³-hybridized carbons (Fsp3) is 0.222. The third-order valence-electron chi connectivity index (χ3n) is 1.89. The van der Waals surface area contributed by atoms with E-state index in [9.17, 15) is 13.2 Å². The van der Waals surface area contributed by atoms with Crippen molar-refractivity contribution in [3.8, 4) is 0 Å². The third-order valence-corrected chi connectivity index (χ3v) is 4.40. The maximum Gasteiger partial charge on any atom is 0.321 e. The summed E-state index contributed by atoms with van der Waals surface area (Å²) in [5, 5.41) is 8.66. The summed E-state index contributed by atoms with van der Waals surface area (Å²) in [4.78, 5) is 10.4. The zero-order chi connectivity index (χ0) is 13.2. The Morgan fingerprint density at radius 3 is 2.59 bits per heavy atom. The van der Waals surface area contributed by atoms with Crippen molar-refractivity contribution in [3.63, 3.8) is 0 Å². The molecule has 0 aliphatic carbocycles. The summed E-state index contributed by atoms with van der Waals surface area (Å²) in [6.07, 6.45) is 0. The van der Waals surface area contributed by atoms with E-state index in [0.717, 1.165) is 0 Å². The first-order valence-electron chi connectivity index (χ1n) is 4.44. The molecule has 1 aromatic carbocycles. The van der Waals surface area contributed by atoms with Crippen LogP contribution in [0.5, 0.6) is 0 Å². The minimum Gasteiger partial charge on any atom is -0.480 e. The number of carboxylic acid groups (broad SMARTS) is 1. The average molecular weight is 343 g/mol. The molecule has 1 atom stereocenters. The summed E-state index contributed by atoms with van der Waals surface area (Å²) in [5.74, 6) is -1.26. The van der Waals surface area contributed by atoms with Crippen molar-refractivity contribution in [1.82, 2.24) is 4.72 Å². The number of hydrogen-bond donors (Lipinski definition) is 2. The molecular formula is C9H9BrClNO4S. The highest BCUT2D eigenvalue weighted by molar-refractivity contribution is 9.10. The first-order chi connectivity index (χ1) is 7.74. The van der Waals surface area contributed by atoms with Crippen molar-refractivity contribution in [2.75, 3.05) is 0 Å². The van der Waals surface area contributed by atoms with Gasteiger partial charge in [-0.3, -0.25) is 4.79 Å². The standard InChI is InChI=1S/C9H9BrClNO4S/c1-5(9(13)14)12-17(15,16)8-3-2-6(10)4-7(8)11/h2-5,12H,1H3,(H,13,14)/t5-/m0/s1. The van der Waals surface area contributed by atoms with Gasteiger partial charge in [-0.2, -0.15) is 4.72 Å². The van der Waals surface area contributed by atoms with Gasteiger partial charge in [-0.1, -0.05) is 27.5 Å². The molecule has 0 aliphatic rings. The third kappa shape index (κ3) is 3.67. The van der Waals surface area contributed by atoms with Gasteiger partial charge in [-0.15, -0.1) is 0 Å². The second-order valence-corrected chi connectivity index (χ2v) is 6.26. The van der Waals surface area contributed by atoms with Crippen molar-refractivity contribution in [1.29, 1.82) is 0 Å². The number of carboxylic acids is 1. The second-order valence-electron chi connectivity index (χ2n) is 3.26. The highest BCUT2D eigenvalue weighted by atomic mass is 79.9. The van der Waals surface area contributed by atoms with E-state index in [-0.39, 0.29) is 9.92 Å². The van der Waals surface area contributed by atoms with Crippen molar-refractivity contribution in [2.24, 2.45) is 0 Å². The monoisotopic (exact) mass is 341 g/mol. The van der Waals surface area contributed by atoms with Crippen LogP contribution in [0.25, 0.3) is 0 Å². The van der Waals surface area contributed by atoms with E-state index in [2.05, 4.69) is 15.9 Å². The fourth-order valence-electron chi connectivity index (χ4n) is 1.04. The summed E-state index contributed by atoms with van der Waals surface area (Å²) in [6, 6.07) is 3.00. The quantitative estimate of drug-likeness (QED) is 0.875. The van der Waals surface area contributed by atoms with Gasteiger partial charge in [-0.05, 0) is 25.1 Å². The number of halogens is 2. The normalized spacial score (nSPS) is 13.4.